The predicted octanol–water partition coefficient (Wildman–Crippen LogP) is 2.53. The number of piperidine rings is 1. The number of carbonyl (C=O) groups is 1. The molecule has 0 unspecified atom stereocenters. The van der Waals surface area contributed by atoms with Crippen LogP contribution in [0.1, 0.15) is 36.5 Å². The number of nitrogens with zero attached hydrogens (tertiary/aromatic N) is 3. The third-order valence-corrected chi connectivity index (χ3v) is 5.04. The Hall–Kier alpha value is -1.93. The van der Waals surface area contributed by atoms with Crippen molar-refractivity contribution >= 4 is 32.9 Å². The standard InChI is InChI=1S/C18H22BrN3O4/c1-2-26-18(25)14-15(23)13-10-12(19)11-20-16(13)22(17(14)24)9-8-21-6-4-3-5-7-21/h10-11,23H,2-9H2,1H3. The summed E-state index contributed by atoms with van der Waals surface area (Å²) in [6.07, 6.45) is 5.12. The van der Waals surface area contributed by atoms with E-state index in [9.17, 15) is 14.7 Å². The number of hydrogen-bond acceptors (Lipinski definition) is 6. The number of esters is 1. The van der Waals surface area contributed by atoms with Crippen molar-refractivity contribution in [1.82, 2.24) is 14.5 Å². The maximum atomic E-state index is 12.9. The van der Waals surface area contributed by atoms with Crippen LogP contribution in [0.2, 0.25) is 0 Å². The van der Waals surface area contributed by atoms with Crippen molar-refractivity contribution in [2.45, 2.75) is 32.7 Å². The van der Waals surface area contributed by atoms with Crippen LogP contribution in [0.3, 0.4) is 0 Å². The van der Waals surface area contributed by atoms with Gasteiger partial charge in [0, 0.05) is 23.8 Å². The molecule has 0 amide bonds. The van der Waals surface area contributed by atoms with Crippen LogP contribution < -0.4 is 5.56 Å². The number of fused-ring (bicyclic) bond motifs is 1. The van der Waals surface area contributed by atoms with E-state index in [1.54, 1.807) is 19.2 Å². The minimum atomic E-state index is -0.816. The van der Waals surface area contributed by atoms with Crippen molar-refractivity contribution in [1.29, 1.82) is 0 Å². The van der Waals surface area contributed by atoms with Gasteiger partial charge >= 0.3 is 5.97 Å². The maximum absolute atomic E-state index is 12.9. The number of rotatable bonds is 5. The van der Waals surface area contributed by atoms with Crippen LogP contribution in [0.4, 0.5) is 0 Å². The first kappa shape index (κ1) is 18.8. The molecule has 0 saturated carbocycles. The van der Waals surface area contributed by atoms with Gasteiger partial charge in [-0.3, -0.25) is 9.36 Å². The molecular weight excluding hydrogens is 402 g/mol. The Balaban J connectivity index is 2.07. The van der Waals surface area contributed by atoms with Gasteiger partial charge in [0.2, 0.25) is 0 Å². The highest BCUT2D eigenvalue weighted by Crippen LogP contribution is 2.28. The largest absolute Gasteiger partial charge is 0.506 e. The zero-order chi connectivity index (χ0) is 18.7. The summed E-state index contributed by atoms with van der Waals surface area (Å²) in [5, 5.41) is 10.9. The molecule has 1 N–H and O–H groups in total. The van der Waals surface area contributed by atoms with E-state index in [1.807, 2.05) is 0 Å². The third kappa shape index (κ3) is 3.76. The molecule has 1 saturated heterocycles. The lowest BCUT2D eigenvalue weighted by molar-refractivity contribution is 0.0520. The van der Waals surface area contributed by atoms with E-state index < -0.39 is 11.5 Å². The molecule has 26 heavy (non-hydrogen) atoms. The zero-order valence-electron chi connectivity index (χ0n) is 14.7. The molecule has 8 heteroatoms. The average Bonchev–Trinajstić information content (AvgIpc) is 2.63. The van der Waals surface area contributed by atoms with Crippen LogP contribution >= 0.6 is 15.9 Å². The van der Waals surface area contributed by atoms with Gasteiger partial charge in [-0.05, 0) is 54.9 Å². The Bertz CT molecular complexity index is 875. The summed E-state index contributed by atoms with van der Waals surface area (Å²) in [7, 11) is 0. The van der Waals surface area contributed by atoms with Crippen molar-refractivity contribution in [3.05, 3.63) is 32.7 Å². The Morgan fingerprint density at radius 2 is 2.04 bits per heavy atom. The topological polar surface area (TPSA) is 84.7 Å². The molecular formula is C18H22BrN3O4. The number of aromatic hydroxyl groups is 1. The molecule has 140 valence electrons. The summed E-state index contributed by atoms with van der Waals surface area (Å²) in [4.78, 5) is 31.7. The number of pyridine rings is 2. The maximum Gasteiger partial charge on any atom is 0.347 e. The summed E-state index contributed by atoms with van der Waals surface area (Å²) in [6.45, 7) is 4.89. The first-order valence-corrected chi connectivity index (χ1v) is 9.62. The number of halogens is 1. The van der Waals surface area contributed by atoms with Crippen molar-refractivity contribution in [2.75, 3.05) is 26.2 Å². The van der Waals surface area contributed by atoms with Gasteiger partial charge in [-0.2, -0.15) is 0 Å². The van der Waals surface area contributed by atoms with Gasteiger partial charge in [-0.25, -0.2) is 9.78 Å². The lowest BCUT2D eigenvalue weighted by atomic mass is 10.1. The molecule has 2 aromatic heterocycles. The number of aromatic nitrogens is 2. The van der Waals surface area contributed by atoms with E-state index >= 15 is 0 Å². The quantitative estimate of drug-likeness (QED) is 0.743. The van der Waals surface area contributed by atoms with Crippen LogP contribution in [0.25, 0.3) is 11.0 Å². The second-order valence-corrected chi connectivity index (χ2v) is 7.24. The van der Waals surface area contributed by atoms with E-state index in [-0.39, 0.29) is 17.9 Å². The highest BCUT2D eigenvalue weighted by atomic mass is 79.9. The average molecular weight is 424 g/mol. The number of ether oxygens (including phenoxy) is 1. The first-order chi connectivity index (χ1) is 12.5. The fourth-order valence-electron chi connectivity index (χ4n) is 3.31. The van der Waals surface area contributed by atoms with E-state index in [0.29, 0.717) is 28.6 Å². The van der Waals surface area contributed by atoms with Gasteiger partial charge in [0.15, 0.2) is 5.56 Å². The van der Waals surface area contributed by atoms with Gasteiger partial charge in [0.25, 0.3) is 5.56 Å². The molecule has 0 aromatic carbocycles. The molecule has 0 spiro atoms. The van der Waals surface area contributed by atoms with Crippen LogP contribution in [-0.4, -0.2) is 51.8 Å². The molecule has 2 aromatic rings. The molecule has 3 rings (SSSR count). The Morgan fingerprint density at radius 1 is 1.31 bits per heavy atom. The van der Waals surface area contributed by atoms with Crippen LogP contribution in [0, 0.1) is 0 Å². The summed E-state index contributed by atoms with van der Waals surface area (Å²) in [6, 6.07) is 1.65. The van der Waals surface area contributed by atoms with E-state index in [4.69, 9.17) is 4.74 Å². The van der Waals surface area contributed by atoms with Crippen LogP contribution in [-0.2, 0) is 11.3 Å². The van der Waals surface area contributed by atoms with Gasteiger partial charge in [-0.1, -0.05) is 6.42 Å². The van der Waals surface area contributed by atoms with Gasteiger partial charge in [0.1, 0.15) is 11.4 Å². The normalized spacial score (nSPS) is 15.3. The fraction of sp³-hybridized carbons (Fsp3) is 0.500. The van der Waals surface area contributed by atoms with E-state index in [0.717, 1.165) is 25.9 Å². The van der Waals surface area contributed by atoms with E-state index in [1.165, 1.54) is 11.0 Å². The molecule has 0 atom stereocenters. The monoisotopic (exact) mass is 423 g/mol. The molecule has 7 nitrogen and oxygen atoms in total. The summed E-state index contributed by atoms with van der Waals surface area (Å²) in [5.74, 6) is -1.20. The zero-order valence-corrected chi connectivity index (χ0v) is 16.3. The van der Waals surface area contributed by atoms with Gasteiger partial charge in [0.05, 0.1) is 12.0 Å². The predicted molar refractivity (Wildman–Crippen MR) is 102 cm³/mol. The second kappa shape index (κ2) is 8.18. The van der Waals surface area contributed by atoms with Gasteiger partial charge in [-0.15, -0.1) is 0 Å². The highest BCUT2D eigenvalue weighted by molar-refractivity contribution is 9.10. The van der Waals surface area contributed by atoms with Crippen LogP contribution in [0.15, 0.2) is 21.5 Å². The molecule has 1 fully saturated rings. The summed E-state index contributed by atoms with van der Waals surface area (Å²) < 4.78 is 7.07. The minimum absolute atomic E-state index is 0.125. The Kier molecular flexibility index (Phi) is 5.93. The third-order valence-electron chi connectivity index (χ3n) is 4.61. The lowest BCUT2D eigenvalue weighted by Gasteiger charge is -2.26. The minimum Gasteiger partial charge on any atom is -0.506 e. The molecule has 1 aliphatic rings. The fourth-order valence-corrected chi connectivity index (χ4v) is 3.64. The summed E-state index contributed by atoms with van der Waals surface area (Å²) >= 11 is 3.32. The molecule has 1 aliphatic heterocycles. The van der Waals surface area contributed by atoms with Crippen LogP contribution in [0.5, 0.6) is 5.75 Å². The number of carbonyl (C=O) groups excluding carboxylic acids is 1. The highest BCUT2D eigenvalue weighted by Gasteiger charge is 2.24. The van der Waals surface area contributed by atoms with Crippen molar-refractivity contribution < 1.29 is 14.6 Å². The lowest BCUT2D eigenvalue weighted by Crippen LogP contribution is -2.36. The smallest absolute Gasteiger partial charge is 0.347 e. The second-order valence-electron chi connectivity index (χ2n) is 6.33. The van der Waals surface area contributed by atoms with Crippen molar-refractivity contribution in [2.24, 2.45) is 0 Å². The number of hydrogen-bond donors (Lipinski definition) is 1. The van der Waals surface area contributed by atoms with E-state index in [2.05, 4.69) is 25.8 Å². The Morgan fingerprint density at radius 3 is 2.73 bits per heavy atom. The molecule has 3 heterocycles. The van der Waals surface area contributed by atoms with Crippen molar-refractivity contribution in [3.8, 4) is 5.75 Å². The number of likely N-dealkylation sites (tertiary alicyclic amines) is 1. The molecule has 0 radical (unpaired) electrons. The molecule has 0 bridgehead atoms. The summed E-state index contributed by atoms with van der Waals surface area (Å²) in [5.41, 5.74) is -0.543. The first-order valence-electron chi connectivity index (χ1n) is 8.83. The van der Waals surface area contributed by atoms with Gasteiger partial charge < -0.3 is 14.7 Å². The van der Waals surface area contributed by atoms with Crippen molar-refractivity contribution in [3.63, 3.8) is 0 Å². The molecule has 0 aliphatic carbocycles. The SMILES string of the molecule is CCOC(=O)c1c(O)c2cc(Br)cnc2n(CCN2CCCCC2)c1=O. The Labute approximate surface area is 159 Å².